The molecule has 1 saturated heterocycles. The van der Waals surface area contributed by atoms with Crippen molar-refractivity contribution in [2.24, 2.45) is 7.05 Å². The van der Waals surface area contributed by atoms with E-state index in [4.69, 9.17) is 11.6 Å². The van der Waals surface area contributed by atoms with Gasteiger partial charge in [-0.3, -0.25) is 4.68 Å². The van der Waals surface area contributed by atoms with E-state index in [1.54, 1.807) is 11.4 Å². The summed E-state index contributed by atoms with van der Waals surface area (Å²) in [7, 11) is -1.97. The highest BCUT2D eigenvalue weighted by molar-refractivity contribution is 7.89. The first-order valence-corrected chi connectivity index (χ1v) is 8.74. The third kappa shape index (κ3) is 2.59. The second-order valence-corrected chi connectivity index (χ2v) is 7.73. The van der Waals surface area contributed by atoms with E-state index >= 15 is 0 Å². The van der Waals surface area contributed by atoms with Crippen molar-refractivity contribution in [3.05, 3.63) is 11.2 Å². The van der Waals surface area contributed by atoms with E-state index in [2.05, 4.69) is 10.4 Å². The fourth-order valence-electron chi connectivity index (χ4n) is 2.74. The van der Waals surface area contributed by atoms with Crippen molar-refractivity contribution in [2.75, 3.05) is 13.1 Å². The summed E-state index contributed by atoms with van der Waals surface area (Å²) in [5.41, 5.74) is 0. The number of hydrogen-bond donors (Lipinski definition) is 1. The predicted octanol–water partition coefficient (Wildman–Crippen LogP) is 0.979. The lowest BCUT2D eigenvalue weighted by Crippen LogP contribution is -2.43. The zero-order chi connectivity index (χ0) is 14.3. The van der Waals surface area contributed by atoms with Gasteiger partial charge in [0.25, 0.3) is 10.0 Å². The molecule has 1 atom stereocenters. The van der Waals surface area contributed by atoms with Crippen LogP contribution in [0, 0.1) is 0 Å². The molecule has 2 fully saturated rings. The fraction of sp³-hybridized carbons (Fsp3) is 0.750. The maximum absolute atomic E-state index is 12.9. The Hall–Kier alpha value is -0.630. The molecular formula is C12H19ClN4O2S. The minimum atomic E-state index is -3.58. The Labute approximate surface area is 124 Å². The van der Waals surface area contributed by atoms with E-state index < -0.39 is 10.0 Å². The van der Waals surface area contributed by atoms with Crippen LogP contribution in [0.3, 0.4) is 0 Å². The molecule has 8 heteroatoms. The number of hydrogen-bond acceptors (Lipinski definition) is 4. The SMILES string of the molecule is Cn1ncc(Cl)c1S(=O)(=O)N(CC1CCCN1)C1CC1. The van der Waals surface area contributed by atoms with Gasteiger partial charge in [-0.25, -0.2) is 8.42 Å². The molecule has 1 saturated carbocycles. The first-order valence-electron chi connectivity index (χ1n) is 6.93. The normalized spacial score (nSPS) is 23.6. The zero-order valence-electron chi connectivity index (χ0n) is 11.4. The van der Waals surface area contributed by atoms with Crippen LogP contribution in [-0.4, -0.2) is 47.7 Å². The molecule has 0 bridgehead atoms. The number of nitrogens with one attached hydrogen (secondary N) is 1. The van der Waals surface area contributed by atoms with Crippen LogP contribution in [0.25, 0.3) is 0 Å². The summed E-state index contributed by atoms with van der Waals surface area (Å²) < 4.78 is 28.7. The maximum Gasteiger partial charge on any atom is 0.262 e. The lowest BCUT2D eigenvalue weighted by molar-refractivity contribution is 0.359. The zero-order valence-corrected chi connectivity index (χ0v) is 13.0. The number of aromatic nitrogens is 2. The molecule has 1 aliphatic carbocycles. The minimum Gasteiger partial charge on any atom is -0.313 e. The summed E-state index contributed by atoms with van der Waals surface area (Å²) in [6, 6.07) is 0.366. The second kappa shape index (κ2) is 5.29. The van der Waals surface area contributed by atoms with E-state index in [-0.39, 0.29) is 22.1 Å². The molecule has 0 spiro atoms. The third-order valence-electron chi connectivity index (χ3n) is 3.91. The molecule has 0 amide bonds. The van der Waals surface area contributed by atoms with Crippen LogP contribution in [-0.2, 0) is 17.1 Å². The Morgan fingerprint density at radius 1 is 1.50 bits per heavy atom. The smallest absolute Gasteiger partial charge is 0.262 e. The molecule has 1 aromatic rings. The number of rotatable bonds is 5. The average Bonchev–Trinajstić information content (AvgIpc) is 2.97. The largest absolute Gasteiger partial charge is 0.313 e. The standard InChI is InChI=1S/C12H19ClN4O2S/c1-16-12(11(13)7-15-16)20(18,19)17(10-4-5-10)8-9-3-2-6-14-9/h7,9-10,14H,2-6,8H2,1H3. The molecule has 3 rings (SSSR count). The quantitative estimate of drug-likeness (QED) is 0.879. The van der Waals surface area contributed by atoms with Gasteiger partial charge in [0.05, 0.1) is 11.2 Å². The van der Waals surface area contributed by atoms with Crippen molar-refractivity contribution < 1.29 is 8.42 Å². The van der Waals surface area contributed by atoms with E-state index in [1.807, 2.05) is 0 Å². The highest BCUT2D eigenvalue weighted by Gasteiger charge is 2.41. The van der Waals surface area contributed by atoms with Gasteiger partial charge in [-0.15, -0.1) is 0 Å². The molecule has 2 aliphatic rings. The number of halogens is 1. The highest BCUT2D eigenvalue weighted by atomic mass is 35.5. The molecule has 0 aromatic carbocycles. The Bertz CT molecular complexity index is 571. The molecule has 2 heterocycles. The van der Waals surface area contributed by atoms with Crippen molar-refractivity contribution in [1.29, 1.82) is 0 Å². The van der Waals surface area contributed by atoms with Gasteiger partial charge in [-0.2, -0.15) is 9.40 Å². The number of aryl methyl sites for hydroxylation is 1. The average molecular weight is 319 g/mol. The first kappa shape index (κ1) is 14.3. The number of nitrogens with zero attached hydrogens (tertiary/aromatic N) is 3. The summed E-state index contributed by atoms with van der Waals surface area (Å²) >= 11 is 6.01. The molecule has 0 radical (unpaired) electrons. The van der Waals surface area contributed by atoms with Crippen LogP contribution in [0.1, 0.15) is 25.7 Å². The van der Waals surface area contributed by atoms with Crippen LogP contribution in [0.5, 0.6) is 0 Å². The van der Waals surface area contributed by atoms with Gasteiger partial charge in [-0.05, 0) is 32.2 Å². The van der Waals surface area contributed by atoms with Gasteiger partial charge in [0.1, 0.15) is 0 Å². The molecule has 1 aliphatic heterocycles. The molecule has 1 N–H and O–H groups in total. The van der Waals surface area contributed by atoms with Crippen molar-refractivity contribution in [1.82, 2.24) is 19.4 Å². The summed E-state index contributed by atoms with van der Waals surface area (Å²) in [4.78, 5) is 0. The Balaban J connectivity index is 1.89. The van der Waals surface area contributed by atoms with E-state index in [0.29, 0.717) is 6.54 Å². The Morgan fingerprint density at radius 3 is 2.75 bits per heavy atom. The lowest BCUT2D eigenvalue weighted by Gasteiger charge is -2.25. The van der Waals surface area contributed by atoms with Gasteiger partial charge in [0, 0.05) is 25.7 Å². The predicted molar refractivity (Wildman–Crippen MR) is 76.2 cm³/mol. The van der Waals surface area contributed by atoms with Gasteiger partial charge in [0.15, 0.2) is 5.03 Å². The maximum atomic E-state index is 12.9. The monoisotopic (exact) mass is 318 g/mol. The Morgan fingerprint density at radius 2 is 2.25 bits per heavy atom. The summed E-state index contributed by atoms with van der Waals surface area (Å²) in [6.07, 6.45) is 5.38. The molecule has 112 valence electrons. The highest BCUT2D eigenvalue weighted by Crippen LogP contribution is 2.34. The van der Waals surface area contributed by atoms with Gasteiger partial charge in [-0.1, -0.05) is 11.6 Å². The van der Waals surface area contributed by atoms with Gasteiger partial charge in [0.2, 0.25) is 0 Å². The van der Waals surface area contributed by atoms with E-state index in [0.717, 1.165) is 32.2 Å². The first-order chi connectivity index (χ1) is 9.50. The summed E-state index contributed by atoms with van der Waals surface area (Å²) in [5.74, 6) is 0. The van der Waals surface area contributed by atoms with E-state index in [9.17, 15) is 8.42 Å². The minimum absolute atomic E-state index is 0.101. The van der Waals surface area contributed by atoms with Crippen molar-refractivity contribution in [2.45, 2.75) is 42.8 Å². The van der Waals surface area contributed by atoms with Crippen molar-refractivity contribution >= 4 is 21.6 Å². The lowest BCUT2D eigenvalue weighted by atomic mass is 10.2. The Kier molecular flexibility index (Phi) is 3.79. The van der Waals surface area contributed by atoms with Crippen molar-refractivity contribution in [3.63, 3.8) is 0 Å². The van der Waals surface area contributed by atoms with Crippen LogP contribution in [0.4, 0.5) is 0 Å². The van der Waals surface area contributed by atoms with Crippen LogP contribution in [0.15, 0.2) is 11.2 Å². The van der Waals surface area contributed by atoms with Crippen LogP contribution >= 0.6 is 11.6 Å². The van der Waals surface area contributed by atoms with Crippen molar-refractivity contribution in [3.8, 4) is 0 Å². The molecular weight excluding hydrogens is 300 g/mol. The van der Waals surface area contributed by atoms with E-state index in [1.165, 1.54) is 10.9 Å². The third-order valence-corrected chi connectivity index (χ3v) is 6.34. The fourth-order valence-corrected chi connectivity index (χ4v) is 5.08. The molecule has 20 heavy (non-hydrogen) atoms. The summed E-state index contributed by atoms with van der Waals surface area (Å²) in [5, 5.41) is 7.59. The van der Waals surface area contributed by atoms with Gasteiger partial charge < -0.3 is 5.32 Å². The topological polar surface area (TPSA) is 67.2 Å². The second-order valence-electron chi connectivity index (χ2n) is 5.52. The molecule has 6 nitrogen and oxygen atoms in total. The molecule has 1 unspecified atom stereocenters. The van der Waals surface area contributed by atoms with Crippen LogP contribution in [0.2, 0.25) is 5.02 Å². The van der Waals surface area contributed by atoms with Gasteiger partial charge >= 0.3 is 0 Å². The number of sulfonamides is 1. The van der Waals surface area contributed by atoms with Crippen LogP contribution < -0.4 is 5.32 Å². The summed E-state index contributed by atoms with van der Waals surface area (Å²) in [6.45, 7) is 1.49. The molecule has 1 aromatic heterocycles.